The van der Waals surface area contributed by atoms with Gasteiger partial charge in [0.15, 0.2) is 5.16 Å². The Hall–Kier alpha value is -2.93. The summed E-state index contributed by atoms with van der Waals surface area (Å²) in [7, 11) is 1.61. The number of aromatic nitrogens is 2. The molecule has 0 radical (unpaired) electrons. The lowest BCUT2D eigenvalue weighted by atomic mass is 10.1. The summed E-state index contributed by atoms with van der Waals surface area (Å²) < 4.78 is 7.27. The predicted octanol–water partition coefficient (Wildman–Crippen LogP) is 4.31. The normalized spacial score (nSPS) is 12.5. The molecule has 6 nitrogen and oxygen atoms in total. The van der Waals surface area contributed by atoms with Crippen molar-refractivity contribution in [1.29, 1.82) is 0 Å². The van der Waals surface area contributed by atoms with Gasteiger partial charge in [-0.2, -0.15) is 0 Å². The van der Waals surface area contributed by atoms with Crippen LogP contribution >= 0.6 is 11.8 Å². The van der Waals surface area contributed by atoms with Gasteiger partial charge in [0.2, 0.25) is 0 Å². The van der Waals surface area contributed by atoms with Crippen molar-refractivity contribution in [3.8, 4) is 17.0 Å². The monoisotopic (exact) mass is 366 g/mol. The second kappa shape index (κ2) is 7.13. The molecule has 1 aliphatic heterocycles. The molecule has 0 saturated carbocycles. The van der Waals surface area contributed by atoms with E-state index in [0.29, 0.717) is 5.69 Å². The summed E-state index contributed by atoms with van der Waals surface area (Å²) in [4.78, 5) is 17.0. The fraction of sp³-hybridized carbons (Fsp3) is 0.158. The van der Waals surface area contributed by atoms with E-state index in [1.54, 1.807) is 43.1 Å². The van der Waals surface area contributed by atoms with Crippen LogP contribution < -0.4 is 15.4 Å². The number of amides is 2. The van der Waals surface area contributed by atoms with Gasteiger partial charge < -0.3 is 19.9 Å². The number of urea groups is 1. The van der Waals surface area contributed by atoms with Gasteiger partial charge in [0, 0.05) is 29.7 Å². The maximum Gasteiger partial charge on any atom is 0.323 e. The smallest absolute Gasteiger partial charge is 0.323 e. The van der Waals surface area contributed by atoms with E-state index < -0.39 is 0 Å². The van der Waals surface area contributed by atoms with E-state index in [1.807, 2.05) is 30.5 Å². The van der Waals surface area contributed by atoms with Crippen molar-refractivity contribution in [3.63, 3.8) is 0 Å². The molecule has 1 aromatic heterocycles. The van der Waals surface area contributed by atoms with Crippen molar-refractivity contribution in [1.82, 2.24) is 9.55 Å². The summed E-state index contributed by atoms with van der Waals surface area (Å²) in [5.74, 6) is 1.80. The lowest BCUT2D eigenvalue weighted by Crippen LogP contribution is -2.19. The van der Waals surface area contributed by atoms with E-state index in [9.17, 15) is 4.79 Å². The standard InChI is InChI=1S/C19H18N4O2S/c1-25-14-8-6-13(7-9-14)20-18(24)21-16-5-3-2-4-15(16)17-12-23-10-11-26-19(23)22-17/h2-9,12H,10-11H2,1H3,(H2,20,21,24). The fourth-order valence-corrected chi connectivity index (χ4v) is 3.76. The van der Waals surface area contributed by atoms with Crippen LogP contribution in [0.5, 0.6) is 5.75 Å². The number of thioether (sulfide) groups is 1. The minimum atomic E-state index is -0.302. The zero-order chi connectivity index (χ0) is 17.9. The van der Waals surface area contributed by atoms with E-state index in [4.69, 9.17) is 4.74 Å². The molecule has 2 N–H and O–H groups in total. The van der Waals surface area contributed by atoms with Gasteiger partial charge in [-0.1, -0.05) is 30.0 Å². The molecule has 0 spiro atoms. The third-order valence-corrected chi connectivity index (χ3v) is 5.07. The number of benzene rings is 2. The zero-order valence-electron chi connectivity index (χ0n) is 14.2. The molecule has 0 bridgehead atoms. The van der Waals surface area contributed by atoms with Crippen LogP contribution in [0.4, 0.5) is 16.2 Å². The maximum atomic E-state index is 12.4. The zero-order valence-corrected chi connectivity index (χ0v) is 15.0. The number of carbonyl (C=O) groups is 1. The molecule has 132 valence electrons. The van der Waals surface area contributed by atoms with Crippen LogP contribution in [0.3, 0.4) is 0 Å². The number of ether oxygens (including phenoxy) is 1. The molecule has 0 fully saturated rings. The Morgan fingerprint density at radius 1 is 1.15 bits per heavy atom. The lowest BCUT2D eigenvalue weighted by molar-refractivity contribution is 0.262. The molecule has 26 heavy (non-hydrogen) atoms. The first kappa shape index (κ1) is 16.5. The minimum absolute atomic E-state index is 0.302. The van der Waals surface area contributed by atoms with Gasteiger partial charge in [0.05, 0.1) is 18.5 Å². The molecular formula is C19H18N4O2S. The maximum absolute atomic E-state index is 12.4. The molecule has 0 saturated heterocycles. The molecule has 0 unspecified atom stereocenters. The van der Waals surface area contributed by atoms with Crippen molar-refractivity contribution >= 4 is 29.2 Å². The molecular weight excluding hydrogens is 348 g/mol. The summed E-state index contributed by atoms with van der Waals surface area (Å²) in [5.41, 5.74) is 3.19. The van der Waals surface area contributed by atoms with Gasteiger partial charge in [-0.25, -0.2) is 9.78 Å². The number of hydrogen-bond acceptors (Lipinski definition) is 4. The summed E-state index contributed by atoms with van der Waals surface area (Å²) >= 11 is 1.75. The summed E-state index contributed by atoms with van der Waals surface area (Å²) in [6.07, 6.45) is 2.04. The van der Waals surface area contributed by atoms with Crippen molar-refractivity contribution in [2.24, 2.45) is 0 Å². The van der Waals surface area contributed by atoms with Crippen molar-refractivity contribution in [2.75, 3.05) is 23.5 Å². The Labute approximate surface area is 155 Å². The third kappa shape index (κ3) is 3.39. The number of nitrogens with one attached hydrogen (secondary N) is 2. The number of para-hydroxylation sites is 1. The predicted molar refractivity (Wildman–Crippen MR) is 104 cm³/mol. The van der Waals surface area contributed by atoms with E-state index in [-0.39, 0.29) is 6.03 Å². The first-order valence-corrected chi connectivity index (χ1v) is 9.23. The van der Waals surface area contributed by atoms with Gasteiger partial charge in [0.1, 0.15) is 5.75 Å². The summed E-state index contributed by atoms with van der Waals surface area (Å²) in [5, 5.41) is 6.76. The van der Waals surface area contributed by atoms with Crippen LogP contribution in [0.25, 0.3) is 11.3 Å². The van der Waals surface area contributed by atoms with Crippen molar-refractivity contribution in [2.45, 2.75) is 11.7 Å². The number of anilines is 2. The third-order valence-electron chi connectivity index (χ3n) is 4.10. The number of methoxy groups -OCH3 is 1. The highest BCUT2D eigenvalue weighted by Crippen LogP contribution is 2.32. The first-order chi connectivity index (χ1) is 12.7. The molecule has 1 aliphatic rings. The average molecular weight is 366 g/mol. The summed E-state index contributed by atoms with van der Waals surface area (Å²) in [6.45, 7) is 0.973. The van der Waals surface area contributed by atoms with E-state index >= 15 is 0 Å². The highest BCUT2D eigenvalue weighted by atomic mass is 32.2. The highest BCUT2D eigenvalue weighted by molar-refractivity contribution is 7.99. The number of aryl methyl sites for hydroxylation is 1. The molecule has 7 heteroatoms. The molecule has 0 aliphatic carbocycles. The van der Waals surface area contributed by atoms with Gasteiger partial charge in [-0.05, 0) is 30.3 Å². The van der Waals surface area contributed by atoms with E-state index in [1.165, 1.54) is 0 Å². The average Bonchev–Trinajstić information content (AvgIpc) is 3.25. The fourth-order valence-electron chi connectivity index (χ4n) is 2.81. The Balaban J connectivity index is 1.51. The van der Waals surface area contributed by atoms with Crippen molar-refractivity contribution in [3.05, 3.63) is 54.7 Å². The quantitative estimate of drug-likeness (QED) is 0.722. The van der Waals surface area contributed by atoms with Crippen LogP contribution in [0.1, 0.15) is 0 Å². The summed E-state index contributed by atoms with van der Waals surface area (Å²) in [6, 6.07) is 14.6. The molecule has 2 aromatic carbocycles. The van der Waals surface area contributed by atoms with E-state index in [2.05, 4.69) is 20.2 Å². The molecule has 0 atom stereocenters. The minimum Gasteiger partial charge on any atom is -0.497 e. The Morgan fingerprint density at radius 3 is 2.73 bits per heavy atom. The molecule has 2 heterocycles. The SMILES string of the molecule is COc1ccc(NC(=O)Nc2ccccc2-c2cn3c(n2)SCC3)cc1. The topological polar surface area (TPSA) is 68.2 Å². The number of nitrogens with zero attached hydrogens (tertiary/aromatic N) is 2. The Kier molecular flexibility index (Phi) is 4.53. The lowest BCUT2D eigenvalue weighted by Gasteiger charge is -2.11. The second-order valence-electron chi connectivity index (χ2n) is 5.80. The Bertz CT molecular complexity index is 915. The molecule has 4 rings (SSSR count). The van der Waals surface area contributed by atoms with Gasteiger partial charge in [-0.3, -0.25) is 0 Å². The largest absolute Gasteiger partial charge is 0.497 e. The molecule has 3 aromatic rings. The highest BCUT2D eigenvalue weighted by Gasteiger charge is 2.17. The van der Waals surface area contributed by atoms with Crippen LogP contribution in [0.2, 0.25) is 0 Å². The van der Waals surface area contributed by atoms with Crippen LogP contribution in [0, 0.1) is 0 Å². The number of carbonyl (C=O) groups excluding carboxylic acids is 1. The number of fused-ring (bicyclic) bond motifs is 1. The van der Waals surface area contributed by atoms with Crippen LogP contribution in [-0.4, -0.2) is 28.4 Å². The first-order valence-electron chi connectivity index (χ1n) is 8.24. The van der Waals surface area contributed by atoms with E-state index in [0.717, 1.165) is 40.1 Å². The number of rotatable bonds is 4. The van der Waals surface area contributed by atoms with Crippen LogP contribution in [0.15, 0.2) is 59.9 Å². The Morgan fingerprint density at radius 2 is 1.96 bits per heavy atom. The van der Waals surface area contributed by atoms with Crippen molar-refractivity contribution < 1.29 is 9.53 Å². The van der Waals surface area contributed by atoms with Gasteiger partial charge in [-0.15, -0.1) is 0 Å². The van der Waals surface area contributed by atoms with Gasteiger partial charge >= 0.3 is 6.03 Å². The second-order valence-corrected chi connectivity index (χ2v) is 6.87. The number of imidazole rings is 1. The van der Waals surface area contributed by atoms with Crippen LogP contribution in [-0.2, 0) is 6.54 Å². The van der Waals surface area contributed by atoms with Gasteiger partial charge in [0.25, 0.3) is 0 Å². The molecule has 2 amide bonds. The number of hydrogen-bond donors (Lipinski definition) is 2.